The first-order chi connectivity index (χ1) is 13.9. The molecule has 29 heavy (non-hydrogen) atoms. The Labute approximate surface area is 183 Å². The number of hydrogen-bond donors (Lipinski definition) is 1. The number of carbonyl (C=O) groups is 1. The van der Waals surface area contributed by atoms with E-state index in [2.05, 4.69) is 21.2 Å². The molecular formula is C21H18BrClN2O3S. The fourth-order valence-electron chi connectivity index (χ4n) is 2.67. The van der Waals surface area contributed by atoms with Gasteiger partial charge in [0.2, 0.25) is 15.9 Å². The number of hydrogen-bond acceptors (Lipinski definition) is 3. The predicted molar refractivity (Wildman–Crippen MR) is 118 cm³/mol. The van der Waals surface area contributed by atoms with Gasteiger partial charge in [-0.15, -0.1) is 0 Å². The van der Waals surface area contributed by atoms with Gasteiger partial charge in [0.25, 0.3) is 0 Å². The molecule has 0 atom stereocenters. The summed E-state index contributed by atoms with van der Waals surface area (Å²) >= 11 is 9.45. The van der Waals surface area contributed by atoms with Crippen LogP contribution < -0.4 is 5.32 Å². The van der Waals surface area contributed by atoms with Crippen molar-refractivity contribution in [3.8, 4) is 0 Å². The lowest BCUT2D eigenvalue weighted by Crippen LogP contribution is -2.37. The molecule has 5 nitrogen and oxygen atoms in total. The normalized spacial score (nSPS) is 11.4. The van der Waals surface area contributed by atoms with Gasteiger partial charge in [-0.25, -0.2) is 8.42 Å². The van der Waals surface area contributed by atoms with Crippen molar-refractivity contribution in [1.29, 1.82) is 0 Å². The first kappa shape index (κ1) is 21.5. The number of carbonyl (C=O) groups excluding carboxylic acids is 1. The van der Waals surface area contributed by atoms with Crippen LogP contribution in [0.5, 0.6) is 0 Å². The van der Waals surface area contributed by atoms with Crippen LogP contribution in [0.4, 0.5) is 5.69 Å². The molecular weight excluding hydrogens is 476 g/mol. The van der Waals surface area contributed by atoms with Crippen LogP contribution in [0.15, 0.2) is 88.2 Å². The molecule has 3 aromatic rings. The van der Waals surface area contributed by atoms with E-state index in [-0.39, 0.29) is 18.0 Å². The molecule has 0 aliphatic heterocycles. The highest BCUT2D eigenvalue weighted by Gasteiger charge is 2.27. The van der Waals surface area contributed by atoms with Crippen LogP contribution in [0.1, 0.15) is 5.56 Å². The van der Waals surface area contributed by atoms with Gasteiger partial charge in [0, 0.05) is 11.0 Å². The topological polar surface area (TPSA) is 66.5 Å². The van der Waals surface area contributed by atoms with Gasteiger partial charge < -0.3 is 5.32 Å². The first-order valence-electron chi connectivity index (χ1n) is 8.70. The van der Waals surface area contributed by atoms with Crippen LogP contribution in [0.3, 0.4) is 0 Å². The second kappa shape index (κ2) is 9.54. The molecule has 1 N–H and O–H groups in total. The molecule has 3 rings (SSSR count). The third-order valence-corrected chi connectivity index (χ3v) is 6.79. The molecule has 0 aliphatic rings. The molecule has 0 unspecified atom stereocenters. The Morgan fingerprint density at radius 2 is 1.55 bits per heavy atom. The van der Waals surface area contributed by atoms with Crippen LogP contribution in [0.2, 0.25) is 5.02 Å². The quantitative estimate of drug-likeness (QED) is 0.507. The summed E-state index contributed by atoms with van der Waals surface area (Å²) in [5.74, 6) is -0.477. The zero-order valence-corrected chi connectivity index (χ0v) is 18.4. The highest BCUT2D eigenvalue weighted by molar-refractivity contribution is 9.10. The second-order valence-electron chi connectivity index (χ2n) is 6.24. The number of para-hydroxylation sites is 1. The summed E-state index contributed by atoms with van der Waals surface area (Å²) in [5, 5.41) is 3.06. The predicted octanol–water partition coefficient (Wildman–Crippen LogP) is 4.93. The Balaban J connectivity index is 1.87. The summed E-state index contributed by atoms with van der Waals surface area (Å²) in [4.78, 5) is 12.7. The van der Waals surface area contributed by atoms with Crippen molar-refractivity contribution in [2.45, 2.75) is 11.4 Å². The van der Waals surface area contributed by atoms with Gasteiger partial charge in [0.05, 0.1) is 22.2 Å². The van der Waals surface area contributed by atoms with E-state index in [1.54, 1.807) is 42.5 Å². The van der Waals surface area contributed by atoms with Gasteiger partial charge in [-0.2, -0.15) is 4.31 Å². The number of halogens is 2. The van der Waals surface area contributed by atoms with Crippen molar-refractivity contribution in [2.75, 3.05) is 11.9 Å². The van der Waals surface area contributed by atoms with Crippen molar-refractivity contribution < 1.29 is 13.2 Å². The molecule has 3 aromatic carbocycles. The minimum absolute atomic E-state index is 0.0560. The second-order valence-corrected chi connectivity index (χ2v) is 9.50. The van der Waals surface area contributed by atoms with E-state index < -0.39 is 15.9 Å². The van der Waals surface area contributed by atoms with Crippen LogP contribution in [-0.4, -0.2) is 25.2 Å². The smallest absolute Gasteiger partial charge is 0.243 e. The minimum Gasteiger partial charge on any atom is -0.324 e. The molecule has 0 saturated heterocycles. The van der Waals surface area contributed by atoms with Gasteiger partial charge in [-0.3, -0.25) is 4.79 Å². The maximum absolute atomic E-state index is 13.2. The molecule has 150 valence electrons. The Kier molecular flexibility index (Phi) is 7.08. The maximum atomic E-state index is 13.2. The molecule has 0 aromatic heterocycles. The zero-order chi connectivity index (χ0) is 20.9. The SMILES string of the molecule is O=C(CN(Cc1ccc(Br)cc1)S(=O)(=O)c1ccccc1)Nc1ccccc1Cl. The molecule has 0 heterocycles. The molecule has 8 heteroatoms. The van der Waals surface area contributed by atoms with Crippen molar-refractivity contribution in [2.24, 2.45) is 0 Å². The van der Waals surface area contributed by atoms with Crippen LogP contribution in [0.25, 0.3) is 0 Å². The summed E-state index contributed by atoms with van der Waals surface area (Å²) in [6.07, 6.45) is 0. The number of anilines is 1. The van der Waals surface area contributed by atoms with E-state index in [1.807, 2.05) is 24.3 Å². The molecule has 0 saturated carbocycles. The van der Waals surface area contributed by atoms with Crippen LogP contribution in [-0.2, 0) is 21.4 Å². The summed E-state index contributed by atoms with van der Waals surface area (Å²) in [6, 6.07) is 22.1. The molecule has 0 spiro atoms. The lowest BCUT2D eigenvalue weighted by atomic mass is 10.2. The van der Waals surface area contributed by atoms with Gasteiger partial charge >= 0.3 is 0 Å². The van der Waals surface area contributed by atoms with Crippen LogP contribution >= 0.6 is 27.5 Å². The van der Waals surface area contributed by atoms with Gasteiger partial charge in [-0.1, -0.05) is 70.0 Å². The Morgan fingerprint density at radius 1 is 0.931 bits per heavy atom. The van der Waals surface area contributed by atoms with E-state index in [9.17, 15) is 13.2 Å². The van der Waals surface area contributed by atoms with E-state index in [4.69, 9.17) is 11.6 Å². The Bertz CT molecular complexity index is 1090. The molecule has 0 fully saturated rings. The molecule has 1 amide bonds. The van der Waals surface area contributed by atoms with E-state index in [0.29, 0.717) is 10.7 Å². The largest absolute Gasteiger partial charge is 0.324 e. The van der Waals surface area contributed by atoms with E-state index >= 15 is 0 Å². The van der Waals surface area contributed by atoms with Gasteiger partial charge in [0.1, 0.15) is 0 Å². The number of nitrogens with one attached hydrogen (secondary N) is 1. The number of rotatable bonds is 7. The molecule has 0 aliphatic carbocycles. The van der Waals surface area contributed by atoms with Crippen molar-refractivity contribution in [3.63, 3.8) is 0 Å². The number of nitrogens with zero attached hydrogens (tertiary/aromatic N) is 1. The molecule has 0 bridgehead atoms. The Hall–Kier alpha value is -2.19. The number of benzene rings is 3. The standard InChI is InChI=1S/C21H18BrClN2O3S/c22-17-12-10-16(11-13-17)14-25(29(27,28)18-6-2-1-3-7-18)15-21(26)24-20-9-5-4-8-19(20)23/h1-13H,14-15H2,(H,24,26). The van der Waals surface area contributed by atoms with Crippen molar-refractivity contribution >= 4 is 49.1 Å². The highest BCUT2D eigenvalue weighted by Crippen LogP contribution is 2.22. The monoisotopic (exact) mass is 492 g/mol. The average Bonchev–Trinajstić information content (AvgIpc) is 2.71. The third kappa shape index (κ3) is 5.67. The fourth-order valence-corrected chi connectivity index (χ4v) is 4.53. The lowest BCUT2D eigenvalue weighted by molar-refractivity contribution is -0.116. The Morgan fingerprint density at radius 3 is 2.21 bits per heavy atom. The highest BCUT2D eigenvalue weighted by atomic mass is 79.9. The maximum Gasteiger partial charge on any atom is 0.243 e. The first-order valence-corrected chi connectivity index (χ1v) is 11.3. The number of sulfonamides is 1. The van der Waals surface area contributed by atoms with Gasteiger partial charge in [0.15, 0.2) is 0 Å². The third-order valence-electron chi connectivity index (χ3n) is 4.12. The van der Waals surface area contributed by atoms with E-state index in [1.165, 1.54) is 12.1 Å². The van der Waals surface area contributed by atoms with Gasteiger partial charge in [-0.05, 0) is 42.0 Å². The number of amides is 1. The lowest BCUT2D eigenvalue weighted by Gasteiger charge is -2.22. The van der Waals surface area contributed by atoms with Crippen molar-refractivity contribution in [1.82, 2.24) is 4.31 Å². The van der Waals surface area contributed by atoms with E-state index in [0.717, 1.165) is 14.3 Å². The van der Waals surface area contributed by atoms with Crippen molar-refractivity contribution in [3.05, 3.63) is 93.9 Å². The summed E-state index contributed by atoms with van der Waals surface area (Å²) < 4.78 is 28.4. The van der Waals surface area contributed by atoms with Crippen LogP contribution in [0, 0.1) is 0 Å². The summed E-state index contributed by atoms with van der Waals surface area (Å²) in [6.45, 7) is -0.293. The zero-order valence-electron chi connectivity index (χ0n) is 15.3. The fraction of sp³-hybridized carbons (Fsp3) is 0.0952. The average molecular weight is 494 g/mol. The summed E-state index contributed by atoms with van der Waals surface area (Å²) in [5.41, 5.74) is 1.19. The summed E-state index contributed by atoms with van der Waals surface area (Å²) in [7, 11) is -3.88. The molecule has 0 radical (unpaired) electrons. The minimum atomic E-state index is -3.88.